The normalized spacial score (nSPS) is 21.6. The van der Waals surface area contributed by atoms with Crippen LogP contribution in [0.4, 0.5) is 30.6 Å². The van der Waals surface area contributed by atoms with Gasteiger partial charge in [0.25, 0.3) is 0 Å². The number of anilines is 3. The molecule has 0 radical (unpaired) electrons. The molecule has 1 saturated heterocycles. The highest BCUT2D eigenvalue weighted by molar-refractivity contribution is 7.89. The monoisotopic (exact) mass is 515 g/mol. The maximum atomic E-state index is 13.6. The van der Waals surface area contributed by atoms with Gasteiger partial charge in [-0.15, -0.1) is 0 Å². The zero-order chi connectivity index (χ0) is 26.2. The molecule has 1 fully saturated rings. The quantitative estimate of drug-likeness (QED) is 0.509. The first-order valence-corrected chi connectivity index (χ1v) is 12.9. The third-order valence-electron chi connectivity index (χ3n) is 6.06. The summed E-state index contributed by atoms with van der Waals surface area (Å²) in [5.74, 6) is 0.446. The number of aryl methyl sites for hydroxylation is 1. The molecular weight excluding hydrogens is 483 g/mol. The van der Waals surface area contributed by atoms with Crippen LogP contribution < -0.4 is 14.9 Å². The van der Waals surface area contributed by atoms with Crippen molar-refractivity contribution in [3.8, 4) is 0 Å². The van der Waals surface area contributed by atoms with E-state index in [1.165, 1.54) is 29.3 Å². The molecule has 1 aromatic carbocycles. The highest BCUT2D eigenvalue weighted by Crippen LogP contribution is 2.41. The molecule has 3 N–H and O–H groups in total. The van der Waals surface area contributed by atoms with Gasteiger partial charge in [0.2, 0.25) is 16.0 Å². The molecule has 0 amide bonds. The van der Waals surface area contributed by atoms with Crippen molar-refractivity contribution < 1.29 is 26.7 Å². The van der Waals surface area contributed by atoms with Gasteiger partial charge in [0, 0.05) is 24.0 Å². The molecule has 3 rings (SSSR count). The van der Waals surface area contributed by atoms with Crippen LogP contribution in [0.5, 0.6) is 0 Å². The zero-order valence-corrected chi connectivity index (χ0v) is 21.2. The van der Waals surface area contributed by atoms with E-state index in [2.05, 4.69) is 20.0 Å². The van der Waals surface area contributed by atoms with Crippen molar-refractivity contribution in [1.29, 1.82) is 0 Å². The van der Waals surface area contributed by atoms with Crippen LogP contribution in [-0.4, -0.2) is 53.9 Å². The van der Waals surface area contributed by atoms with Crippen molar-refractivity contribution in [1.82, 2.24) is 14.7 Å². The Kier molecular flexibility index (Phi) is 7.68. The van der Waals surface area contributed by atoms with Crippen LogP contribution in [0.2, 0.25) is 0 Å². The number of alkyl halides is 3. The Morgan fingerprint density at radius 1 is 1.20 bits per heavy atom. The van der Waals surface area contributed by atoms with E-state index in [0.29, 0.717) is 11.3 Å². The van der Waals surface area contributed by atoms with E-state index in [0.717, 1.165) is 0 Å². The van der Waals surface area contributed by atoms with E-state index >= 15 is 0 Å². The topological polar surface area (TPSA) is 107 Å². The van der Waals surface area contributed by atoms with Gasteiger partial charge in [0.05, 0.1) is 11.4 Å². The molecule has 2 heterocycles. The lowest BCUT2D eigenvalue weighted by Gasteiger charge is -2.46. The Labute approximate surface area is 204 Å². The standard InChI is InChI=1S/C23H32F3N5O3S/c1-14(2)19-8-10-22(32,23(24,25)26)13-31(19)20-9-11-27-21(29-20)28-18-7-6-17(12-16(18)5)35(33,34)30-15(3)4/h6-7,9,11-12,14-15,19,30,32H,8,10,13H2,1-5H3,(H,27,28,29). The van der Waals surface area contributed by atoms with E-state index < -0.39 is 28.3 Å². The molecule has 0 saturated carbocycles. The van der Waals surface area contributed by atoms with Gasteiger partial charge in [-0.25, -0.2) is 18.1 Å². The van der Waals surface area contributed by atoms with Crippen molar-refractivity contribution in [3.63, 3.8) is 0 Å². The lowest BCUT2D eigenvalue weighted by Crippen LogP contribution is -2.61. The first kappa shape index (κ1) is 27.2. The number of rotatable bonds is 7. The van der Waals surface area contributed by atoms with Gasteiger partial charge in [-0.3, -0.25) is 0 Å². The van der Waals surface area contributed by atoms with Crippen LogP contribution in [0.3, 0.4) is 0 Å². The van der Waals surface area contributed by atoms with E-state index in [9.17, 15) is 26.7 Å². The summed E-state index contributed by atoms with van der Waals surface area (Å²) in [4.78, 5) is 10.2. The Bertz CT molecular complexity index is 1160. The van der Waals surface area contributed by atoms with Crippen molar-refractivity contribution in [3.05, 3.63) is 36.0 Å². The average molecular weight is 516 g/mol. The Morgan fingerprint density at radius 3 is 2.46 bits per heavy atom. The number of piperidine rings is 1. The number of hydrogen-bond donors (Lipinski definition) is 3. The summed E-state index contributed by atoms with van der Waals surface area (Å²) in [6.45, 7) is 8.40. The molecular formula is C23H32F3N5O3S. The third-order valence-corrected chi connectivity index (χ3v) is 7.72. The lowest BCUT2D eigenvalue weighted by molar-refractivity contribution is -0.263. The molecule has 8 nitrogen and oxygen atoms in total. The van der Waals surface area contributed by atoms with Gasteiger partial charge in [0.1, 0.15) is 5.82 Å². The smallest absolute Gasteiger partial charge is 0.379 e. The van der Waals surface area contributed by atoms with Gasteiger partial charge in [-0.2, -0.15) is 18.2 Å². The molecule has 0 aliphatic carbocycles. The highest BCUT2D eigenvalue weighted by Gasteiger charge is 2.57. The molecule has 0 bridgehead atoms. The van der Waals surface area contributed by atoms with Crippen LogP contribution in [0.15, 0.2) is 35.4 Å². The fourth-order valence-corrected chi connectivity index (χ4v) is 5.54. The van der Waals surface area contributed by atoms with Gasteiger partial charge >= 0.3 is 6.18 Å². The molecule has 1 aromatic heterocycles. The SMILES string of the molecule is Cc1cc(S(=O)(=O)NC(C)C)ccc1Nc1nccc(N2CC(O)(C(F)(F)F)CCC2C(C)C)n1. The predicted molar refractivity (Wildman–Crippen MR) is 128 cm³/mol. The number of sulfonamides is 1. The lowest BCUT2D eigenvalue weighted by atomic mass is 9.84. The van der Waals surface area contributed by atoms with Crippen LogP contribution in [0.1, 0.15) is 46.1 Å². The first-order valence-electron chi connectivity index (χ1n) is 11.4. The summed E-state index contributed by atoms with van der Waals surface area (Å²) in [5, 5.41) is 13.4. The molecule has 2 unspecified atom stereocenters. The molecule has 194 valence electrons. The Hall–Kier alpha value is -2.44. The molecule has 2 atom stereocenters. The van der Waals surface area contributed by atoms with E-state index in [4.69, 9.17) is 0 Å². The molecule has 2 aromatic rings. The highest BCUT2D eigenvalue weighted by atomic mass is 32.2. The number of aliphatic hydroxyl groups is 1. The number of nitrogens with one attached hydrogen (secondary N) is 2. The van der Waals surface area contributed by atoms with Crippen LogP contribution in [0, 0.1) is 12.8 Å². The van der Waals surface area contributed by atoms with Crippen LogP contribution >= 0.6 is 0 Å². The minimum Gasteiger partial charge on any atom is -0.379 e. The van der Waals surface area contributed by atoms with Crippen molar-refractivity contribution >= 4 is 27.5 Å². The summed E-state index contributed by atoms with van der Waals surface area (Å²) in [7, 11) is -3.66. The second kappa shape index (κ2) is 9.90. The van der Waals surface area contributed by atoms with Crippen molar-refractivity contribution in [2.24, 2.45) is 5.92 Å². The molecule has 1 aliphatic heterocycles. The number of hydrogen-bond acceptors (Lipinski definition) is 7. The number of aromatic nitrogens is 2. The maximum Gasteiger partial charge on any atom is 0.418 e. The minimum atomic E-state index is -4.76. The second-order valence-corrected chi connectivity index (χ2v) is 11.3. The van der Waals surface area contributed by atoms with Crippen molar-refractivity contribution in [2.75, 3.05) is 16.8 Å². The van der Waals surface area contributed by atoms with Gasteiger partial charge in [-0.1, -0.05) is 13.8 Å². The van der Waals surface area contributed by atoms with Crippen LogP contribution in [-0.2, 0) is 10.0 Å². The summed E-state index contributed by atoms with van der Waals surface area (Å²) in [6.07, 6.45) is -3.53. The van der Waals surface area contributed by atoms with Crippen molar-refractivity contribution in [2.45, 2.75) is 76.2 Å². The first-order chi connectivity index (χ1) is 16.1. The van der Waals surface area contributed by atoms with E-state index in [-0.39, 0.29) is 47.5 Å². The Morgan fingerprint density at radius 2 is 1.89 bits per heavy atom. The summed E-state index contributed by atoms with van der Waals surface area (Å²) >= 11 is 0. The minimum absolute atomic E-state index is 0.0374. The summed E-state index contributed by atoms with van der Waals surface area (Å²) in [6, 6.07) is 5.57. The number of β-amino-alcohol motifs (C(OH)–C–C–N with tert-alkyl or cyclic N) is 1. The van der Waals surface area contributed by atoms with Gasteiger partial charge in [-0.05, 0) is 69.4 Å². The fraction of sp³-hybridized carbons (Fsp3) is 0.565. The molecule has 1 aliphatic rings. The molecule has 12 heteroatoms. The average Bonchev–Trinajstić information content (AvgIpc) is 2.73. The largest absolute Gasteiger partial charge is 0.418 e. The molecule has 0 spiro atoms. The van der Waals surface area contributed by atoms with Gasteiger partial charge < -0.3 is 15.3 Å². The fourth-order valence-electron chi connectivity index (χ4n) is 4.21. The zero-order valence-electron chi connectivity index (χ0n) is 20.4. The second-order valence-electron chi connectivity index (χ2n) is 9.62. The Balaban J connectivity index is 1.88. The third kappa shape index (κ3) is 6.04. The molecule has 35 heavy (non-hydrogen) atoms. The number of nitrogens with zero attached hydrogens (tertiary/aromatic N) is 3. The predicted octanol–water partition coefficient (Wildman–Crippen LogP) is 4.13. The number of benzene rings is 1. The van der Waals surface area contributed by atoms with Crippen LogP contribution in [0.25, 0.3) is 0 Å². The number of halogens is 3. The summed E-state index contributed by atoms with van der Waals surface area (Å²) < 4.78 is 68.1. The maximum absolute atomic E-state index is 13.6. The van der Waals surface area contributed by atoms with E-state index in [1.54, 1.807) is 26.8 Å². The van der Waals surface area contributed by atoms with Gasteiger partial charge in [0.15, 0.2) is 5.60 Å². The van der Waals surface area contributed by atoms with E-state index in [1.807, 2.05) is 13.8 Å². The summed E-state index contributed by atoms with van der Waals surface area (Å²) in [5.41, 5.74) is -1.65.